The summed E-state index contributed by atoms with van der Waals surface area (Å²) < 4.78 is 4.48. The van der Waals surface area contributed by atoms with Crippen molar-refractivity contribution in [2.75, 3.05) is 33.3 Å². The fourth-order valence-electron chi connectivity index (χ4n) is 5.69. The maximum atomic E-state index is 11.9. The van der Waals surface area contributed by atoms with Gasteiger partial charge in [-0.25, -0.2) is 0 Å². The zero-order valence-electron chi connectivity index (χ0n) is 33.8. The summed E-state index contributed by atoms with van der Waals surface area (Å²) in [7, 11) is 1.35. The third-order valence-corrected chi connectivity index (χ3v) is 9.02. The lowest BCUT2D eigenvalue weighted by Gasteiger charge is -2.07. The number of amides is 2. The van der Waals surface area contributed by atoms with E-state index in [0.29, 0.717) is 25.9 Å². The Balaban J connectivity index is 0.000000531. The minimum Gasteiger partial charge on any atom is -0.508 e. The first-order valence-corrected chi connectivity index (χ1v) is 20.5. The highest BCUT2D eigenvalue weighted by Gasteiger charge is 2.05. The third-order valence-electron chi connectivity index (χ3n) is 9.02. The van der Waals surface area contributed by atoms with Crippen LogP contribution >= 0.6 is 0 Å². The predicted octanol–water partition coefficient (Wildman–Crippen LogP) is 7.37. The molecule has 3 aromatic carbocycles. The van der Waals surface area contributed by atoms with E-state index in [1.807, 2.05) is 0 Å². The van der Waals surface area contributed by atoms with Gasteiger partial charge in [0.2, 0.25) is 11.8 Å². The van der Waals surface area contributed by atoms with E-state index in [1.165, 1.54) is 96.3 Å². The number of rotatable bonds is 26. The molecule has 0 unspecified atom stereocenters. The van der Waals surface area contributed by atoms with Gasteiger partial charge in [0.15, 0.2) is 0 Å². The van der Waals surface area contributed by atoms with Crippen molar-refractivity contribution in [1.82, 2.24) is 10.6 Å². The molecular formula is C45H70N4O7. The van der Waals surface area contributed by atoms with Crippen LogP contribution in [-0.4, -0.2) is 66.4 Å². The second-order valence-electron chi connectivity index (χ2n) is 14.0. The van der Waals surface area contributed by atoms with E-state index in [9.17, 15) is 24.6 Å². The maximum absolute atomic E-state index is 11.9. The number of unbranched alkanes of at least 4 members (excludes halogenated alkanes) is 14. The molecule has 0 fully saturated rings. The molecule has 0 aliphatic rings. The number of nitrogens with one attached hydrogen (secondary N) is 2. The van der Waals surface area contributed by atoms with Crippen molar-refractivity contribution in [3.8, 4) is 17.2 Å². The quantitative estimate of drug-likeness (QED) is 0.0321. The van der Waals surface area contributed by atoms with E-state index in [0.717, 1.165) is 55.5 Å². The summed E-state index contributed by atoms with van der Waals surface area (Å²) >= 11 is 0. The van der Waals surface area contributed by atoms with Gasteiger partial charge in [-0.05, 0) is 91.9 Å². The van der Waals surface area contributed by atoms with Gasteiger partial charge in [-0.15, -0.1) is 0 Å². The largest absolute Gasteiger partial charge is 0.508 e. The Bertz CT molecular complexity index is 1340. The number of benzene rings is 3. The molecule has 0 bridgehead atoms. The Morgan fingerprint density at radius 2 is 0.714 bits per heavy atom. The number of ether oxygens (including phenoxy) is 1. The van der Waals surface area contributed by atoms with E-state index >= 15 is 0 Å². The number of phenols is 3. The molecule has 0 aliphatic heterocycles. The topological polar surface area (TPSA) is 197 Å². The van der Waals surface area contributed by atoms with E-state index in [1.54, 1.807) is 60.7 Å². The first-order chi connectivity index (χ1) is 27.2. The van der Waals surface area contributed by atoms with E-state index < -0.39 is 0 Å². The first-order valence-electron chi connectivity index (χ1n) is 20.5. The van der Waals surface area contributed by atoms with Gasteiger partial charge in [-0.1, -0.05) is 113 Å². The number of aromatic hydroxyl groups is 3. The minimum atomic E-state index is -0.277. The molecule has 0 radical (unpaired) electrons. The molecule has 3 rings (SSSR count). The van der Waals surface area contributed by atoms with Crippen LogP contribution in [-0.2, 0) is 38.4 Å². The Morgan fingerprint density at radius 3 is 1.00 bits per heavy atom. The van der Waals surface area contributed by atoms with E-state index in [2.05, 4.69) is 15.4 Å². The number of hydrogen-bond donors (Lipinski definition) is 7. The summed E-state index contributed by atoms with van der Waals surface area (Å²) in [5.74, 6) is 0.381. The fourth-order valence-corrected chi connectivity index (χ4v) is 5.69. The van der Waals surface area contributed by atoms with Gasteiger partial charge in [0.05, 0.1) is 26.4 Å². The summed E-state index contributed by atoms with van der Waals surface area (Å²) in [6.45, 7) is 3.13. The van der Waals surface area contributed by atoms with Crippen molar-refractivity contribution in [2.45, 2.75) is 122 Å². The van der Waals surface area contributed by atoms with Gasteiger partial charge in [0.25, 0.3) is 0 Å². The lowest BCUT2D eigenvalue weighted by atomic mass is 10.1. The van der Waals surface area contributed by atoms with Crippen LogP contribution in [0.4, 0.5) is 0 Å². The highest BCUT2D eigenvalue weighted by atomic mass is 16.5. The molecule has 0 aliphatic carbocycles. The van der Waals surface area contributed by atoms with Crippen LogP contribution in [0.3, 0.4) is 0 Å². The minimum absolute atomic E-state index is 0.0193. The van der Waals surface area contributed by atoms with Crippen LogP contribution in [0.2, 0.25) is 0 Å². The number of nitrogens with two attached hydrogens (primary N) is 2. The average molecular weight is 779 g/mol. The number of carbonyl (C=O) groups is 3. The van der Waals surface area contributed by atoms with Gasteiger partial charge in [-0.3, -0.25) is 14.4 Å². The Kier molecular flexibility index (Phi) is 29.7. The highest BCUT2D eigenvalue weighted by Crippen LogP contribution is 2.13. The standard InChI is InChI=1S/C26H36N2O4.C10H24N2.C9H10O3/c29-23-13-9-21(10-14-23)19-25(31)27-17-7-5-3-1-2-4-6-8-18-28-26(32)20-22-11-15-24(30)16-12-22;11-9-7-5-3-1-2-4-6-8-10-12;1-12-9(11)6-7-2-4-8(10)5-3-7/h9-16,29-30H,1-8,17-20H2,(H,27,31)(H,28,32);1-12H2;2-5,10H,6H2,1H3. The molecule has 0 saturated heterocycles. The number of hydrogen-bond acceptors (Lipinski definition) is 9. The van der Waals surface area contributed by atoms with Crippen molar-refractivity contribution >= 4 is 17.8 Å². The Hall–Kier alpha value is -4.61. The second-order valence-corrected chi connectivity index (χ2v) is 14.0. The lowest BCUT2D eigenvalue weighted by molar-refractivity contribution is -0.139. The summed E-state index contributed by atoms with van der Waals surface area (Å²) in [6.07, 6.45) is 20.4. The second kappa shape index (κ2) is 33.7. The van der Waals surface area contributed by atoms with Crippen LogP contribution in [0, 0.1) is 0 Å². The molecular weight excluding hydrogens is 709 g/mol. The van der Waals surface area contributed by atoms with Gasteiger partial charge >= 0.3 is 5.97 Å². The summed E-state index contributed by atoms with van der Waals surface area (Å²) in [6, 6.07) is 19.9. The molecule has 2 amide bonds. The molecule has 9 N–H and O–H groups in total. The highest BCUT2D eigenvalue weighted by molar-refractivity contribution is 5.79. The number of methoxy groups -OCH3 is 1. The van der Waals surface area contributed by atoms with Crippen molar-refractivity contribution in [2.24, 2.45) is 11.5 Å². The van der Waals surface area contributed by atoms with Crippen molar-refractivity contribution in [3.63, 3.8) is 0 Å². The zero-order chi connectivity index (χ0) is 41.1. The molecule has 0 spiro atoms. The Labute approximate surface area is 335 Å². The van der Waals surface area contributed by atoms with Gasteiger partial charge in [0.1, 0.15) is 17.2 Å². The van der Waals surface area contributed by atoms with Crippen molar-refractivity contribution in [1.29, 1.82) is 0 Å². The SMILES string of the molecule is COC(=O)Cc1ccc(O)cc1.NCCCCCCCCCCN.O=C(Cc1ccc(O)cc1)NCCCCCCCCCCNC(=O)Cc1ccc(O)cc1. The first kappa shape index (κ1) is 49.4. The molecule has 56 heavy (non-hydrogen) atoms. The summed E-state index contributed by atoms with van der Waals surface area (Å²) in [4.78, 5) is 34.6. The van der Waals surface area contributed by atoms with Crippen LogP contribution in [0.1, 0.15) is 119 Å². The zero-order valence-corrected chi connectivity index (χ0v) is 33.8. The Morgan fingerprint density at radius 1 is 0.446 bits per heavy atom. The molecule has 11 heteroatoms. The number of carbonyl (C=O) groups excluding carboxylic acids is 3. The van der Waals surface area contributed by atoms with Crippen LogP contribution in [0.5, 0.6) is 17.2 Å². The van der Waals surface area contributed by atoms with Crippen LogP contribution in [0.25, 0.3) is 0 Å². The molecule has 11 nitrogen and oxygen atoms in total. The molecule has 312 valence electrons. The number of esters is 1. The number of phenolic OH excluding ortho intramolecular Hbond substituents is 3. The normalized spacial score (nSPS) is 10.3. The van der Waals surface area contributed by atoms with E-state index in [-0.39, 0.29) is 41.5 Å². The van der Waals surface area contributed by atoms with Crippen molar-refractivity contribution < 1.29 is 34.4 Å². The molecule has 3 aromatic rings. The average Bonchev–Trinajstić information content (AvgIpc) is 3.19. The van der Waals surface area contributed by atoms with Gasteiger partial charge in [-0.2, -0.15) is 0 Å². The lowest BCUT2D eigenvalue weighted by Crippen LogP contribution is -2.26. The molecule has 0 saturated carbocycles. The smallest absolute Gasteiger partial charge is 0.309 e. The maximum Gasteiger partial charge on any atom is 0.309 e. The summed E-state index contributed by atoms with van der Waals surface area (Å²) in [5, 5.41) is 33.3. The van der Waals surface area contributed by atoms with Crippen molar-refractivity contribution in [3.05, 3.63) is 89.5 Å². The molecule has 0 heterocycles. The van der Waals surface area contributed by atoms with Gasteiger partial charge < -0.3 is 42.2 Å². The molecule has 0 atom stereocenters. The van der Waals surface area contributed by atoms with Gasteiger partial charge in [0, 0.05) is 13.1 Å². The predicted molar refractivity (Wildman–Crippen MR) is 225 cm³/mol. The monoisotopic (exact) mass is 779 g/mol. The fraction of sp³-hybridized carbons (Fsp3) is 0.533. The molecule has 0 aromatic heterocycles. The van der Waals surface area contributed by atoms with Crippen LogP contribution < -0.4 is 22.1 Å². The van der Waals surface area contributed by atoms with E-state index in [4.69, 9.17) is 16.6 Å². The third kappa shape index (κ3) is 28.8. The van der Waals surface area contributed by atoms with Crippen LogP contribution in [0.15, 0.2) is 72.8 Å². The summed E-state index contributed by atoms with van der Waals surface area (Å²) in [5.41, 5.74) is 13.4.